The van der Waals surface area contributed by atoms with Gasteiger partial charge in [-0.15, -0.1) is 0 Å². The summed E-state index contributed by atoms with van der Waals surface area (Å²) >= 11 is 0. The van der Waals surface area contributed by atoms with Crippen LogP contribution in [0.15, 0.2) is 30.5 Å². The number of hydrogen-bond donors (Lipinski definition) is 1. The van der Waals surface area contributed by atoms with Crippen LogP contribution in [0.25, 0.3) is 0 Å². The maximum atomic E-state index is 12.1. The van der Waals surface area contributed by atoms with Gasteiger partial charge in [-0.05, 0) is 44.9 Å². The molecule has 2 rings (SSSR count). The third-order valence-corrected chi connectivity index (χ3v) is 3.40. The summed E-state index contributed by atoms with van der Waals surface area (Å²) in [6.07, 6.45) is 2.67. The molecule has 0 unspecified atom stereocenters. The van der Waals surface area contributed by atoms with Crippen molar-refractivity contribution in [2.45, 2.75) is 33.7 Å². The van der Waals surface area contributed by atoms with Crippen LogP contribution in [0, 0.1) is 20.8 Å². The summed E-state index contributed by atoms with van der Waals surface area (Å²) < 4.78 is 1.95. The van der Waals surface area contributed by atoms with Gasteiger partial charge in [0.05, 0.1) is 0 Å². The molecule has 0 saturated carbocycles. The first-order valence-electron chi connectivity index (χ1n) is 6.92. The van der Waals surface area contributed by atoms with Crippen LogP contribution < -0.4 is 5.32 Å². The molecule has 1 amide bonds. The molecule has 1 aromatic heterocycles. The molecule has 0 radical (unpaired) electrons. The number of aryl methyl sites for hydroxylation is 4. The largest absolute Gasteiger partial charge is 0.352 e. The molecule has 0 spiro atoms. The van der Waals surface area contributed by atoms with Gasteiger partial charge in [0.2, 0.25) is 0 Å². The third-order valence-electron chi connectivity index (χ3n) is 3.40. The maximum absolute atomic E-state index is 12.1. The topological polar surface area (TPSA) is 46.9 Å². The van der Waals surface area contributed by atoms with Crippen molar-refractivity contribution in [1.82, 2.24) is 15.1 Å². The number of rotatable bonds is 5. The number of nitrogens with zero attached hydrogens (tertiary/aromatic N) is 2. The van der Waals surface area contributed by atoms with Gasteiger partial charge in [0.1, 0.15) is 0 Å². The van der Waals surface area contributed by atoms with E-state index in [0.29, 0.717) is 6.54 Å². The molecule has 1 aromatic carbocycles. The Morgan fingerprint density at radius 3 is 2.75 bits per heavy atom. The van der Waals surface area contributed by atoms with Crippen LogP contribution in [0.1, 0.15) is 33.6 Å². The van der Waals surface area contributed by atoms with Crippen LogP contribution >= 0.6 is 0 Å². The monoisotopic (exact) mass is 271 g/mol. The van der Waals surface area contributed by atoms with Crippen molar-refractivity contribution >= 4 is 5.91 Å². The first-order chi connectivity index (χ1) is 9.58. The summed E-state index contributed by atoms with van der Waals surface area (Å²) in [4.78, 5) is 12.1. The molecule has 106 valence electrons. The Kier molecular flexibility index (Phi) is 4.56. The molecule has 4 nitrogen and oxygen atoms in total. The lowest BCUT2D eigenvalue weighted by atomic mass is 10.1. The van der Waals surface area contributed by atoms with Crippen LogP contribution in [-0.4, -0.2) is 22.2 Å². The molecule has 0 bridgehead atoms. The lowest BCUT2D eigenvalue weighted by Gasteiger charge is -2.09. The van der Waals surface area contributed by atoms with Crippen LogP contribution in [0.5, 0.6) is 0 Å². The lowest BCUT2D eigenvalue weighted by molar-refractivity contribution is 0.0952. The van der Waals surface area contributed by atoms with E-state index < -0.39 is 0 Å². The molecular weight excluding hydrogens is 250 g/mol. The fourth-order valence-corrected chi connectivity index (χ4v) is 2.14. The third kappa shape index (κ3) is 3.47. The molecule has 0 saturated heterocycles. The van der Waals surface area contributed by atoms with Gasteiger partial charge < -0.3 is 5.32 Å². The van der Waals surface area contributed by atoms with Gasteiger partial charge in [0.25, 0.3) is 5.91 Å². The Morgan fingerprint density at radius 2 is 2.05 bits per heavy atom. The Bertz CT molecular complexity index is 602. The highest BCUT2D eigenvalue weighted by Crippen LogP contribution is 2.10. The summed E-state index contributed by atoms with van der Waals surface area (Å²) in [5.74, 6) is 0.00314. The fourth-order valence-electron chi connectivity index (χ4n) is 2.14. The first kappa shape index (κ1) is 14.3. The summed E-state index contributed by atoms with van der Waals surface area (Å²) in [6.45, 7) is 7.47. The minimum Gasteiger partial charge on any atom is -0.352 e. The number of aromatic nitrogens is 2. The molecule has 0 aliphatic heterocycles. The van der Waals surface area contributed by atoms with E-state index in [0.717, 1.165) is 35.3 Å². The number of benzene rings is 1. The summed E-state index contributed by atoms with van der Waals surface area (Å²) in [5.41, 5.74) is 4.02. The molecule has 1 N–H and O–H groups in total. The Morgan fingerprint density at radius 1 is 1.25 bits per heavy atom. The maximum Gasteiger partial charge on any atom is 0.251 e. The number of amides is 1. The van der Waals surface area contributed by atoms with E-state index in [1.54, 1.807) is 6.20 Å². The number of carbonyl (C=O) groups excluding carboxylic acids is 1. The highest BCUT2D eigenvalue weighted by molar-refractivity contribution is 5.95. The van der Waals surface area contributed by atoms with Gasteiger partial charge in [-0.3, -0.25) is 9.48 Å². The van der Waals surface area contributed by atoms with Crippen molar-refractivity contribution < 1.29 is 4.79 Å². The Labute approximate surface area is 119 Å². The predicted octanol–water partition coefficient (Wildman–Crippen LogP) is 2.63. The summed E-state index contributed by atoms with van der Waals surface area (Å²) in [5, 5.41) is 7.19. The molecule has 0 atom stereocenters. The fraction of sp³-hybridized carbons (Fsp3) is 0.375. The molecule has 0 aliphatic rings. The molecule has 1 heterocycles. The molecule has 2 aromatic rings. The Balaban J connectivity index is 1.83. The van der Waals surface area contributed by atoms with Gasteiger partial charge in [0.15, 0.2) is 0 Å². The van der Waals surface area contributed by atoms with Gasteiger partial charge >= 0.3 is 0 Å². The van der Waals surface area contributed by atoms with Crippen molar-refractivity contribution in [1.29, 1.82) is 0 Å². The zero-order valence-corrected chi connectivity index (χ0v) is 12.3. The second kappa shape index (κ2) is 6.37. The van der Waals surface area contributed by atoms with Gasteiger partial charge in [0, 0.05) is 30.5 Å². The van der Waals surface area contributed by atoms with E-state index >= 15 is 0 Å². The summed E-state index contributed by atoms with van der Waals surface area (Å²) in [6, 6.07) is 7.92. The van der Waals surface area contributed by atoms with E-state index in [1.807, 2.05) is 49.7 Å². The highest BCUT2D eigenvalue weighted by atomic mass is 16.1. The predicted molar refractivity (Wildman–Crippen MR) is 79.8 cm³/mol. The van der Waals surface area contributed by atoms with Gasteiger partial charge in [-0.1, -0.05) is 17.7 Å². The lowest BCUT2D eigenvalue weighted by Crippen LogP contribution is -2.26. The number of nitrogens with one attached hydrogen (secondary N) is 1. The van der Waals surface area contributed by atoms with Crippen molar-refractivity contribution in [3.05, 3.63) is 52.8 Å². The molecule has 20 heavy (non-hydrogen) atoms. The second-order valence-electron chi connectivity index (χ2n) is 5.12. The average molecular weight is 271 g/mol. The van der Waals surface area contributed by atoms with Crippen LogP contribution in [0.3, 0.4) is 0 Å². The van der Waals surface area contributed by atoms with E-state index in [-0.39, 0.29) is 5.91 Å². The zero-order chi connectivity index (χ0) is 14.5. The van der Waals surface area contributed by atoms with Crippen molar-refractivity contribution in [3.63, 3.8) is 0 Å². The molecule has 0 fully saturated rings. The van der Waals surface area contributed by atoms with Crippen molar-refractivity contribution in [2.75, 3.05) is 6.54 Å². The molecular formula is C16H21N3O. The average Bonchev–Trinajstić information content (AvgIpc) is 2.83. The standard InChI is InChI=1S/C16H21N3O/c1-12-5-6-13(2)15(11-12)16(20)17-8-4-10-19-14(3)7-9-18-19/h5-7,9,11H,4,8,10H2,1-3H3,(H,17,20). The van der Waals surface area contributed by atoms with E-state index in [1.165, 1.54) is 0 Å². The smallest absolute Gasteiger partial charge is 0.251 e. The number of hydrogen-bond acceptors (Lipinski definition) is 2. The zero-order valence-electron chi connectivity index (χ0n) is 12.3. The molecule has 4 heteroatoms. The minimum atomic E-state index is 0.00314. The Hall–Kier alpha value is -2.10. The summed E-state index contributed by atoms with van der Waals surface area (Å²) in [7, 11) is 0. The van der Waals surface area contributed by atoms with Crippen LogP contribution in [-0.2, 0) is 6.54 Å². The highest BCUT2D eigenvalue weighted by Gasteiger charge is 2.08. The van der Waals surface area contributed by atoms with Crippen molar-refractivity contribution in [3.8, 4) is 0 Å². The minimum absolute atomic E-state index is 0.00314. The molecule has 0 aliphatic carbocycles. The van der Waals surface area contributed by atoms with Gasteiger partial charge in [-0.2, -0.15) is 5.10 Å². The van der Waals surface area contributed by atoms with E-state index in [9.17, 15) is 4.79 Å². The van der Waals surface area contributed by atoms with Crippen molar-refractivity contribution in [2.24, 2.45) is 0 Å². The van der Waals surface area contributed by atoms with E-state index in [4.69, 9.17) is 0 Å². The van der Waals surface area contributed by atoms with E-state index in [2.05, 4.69) is 10.4 Å². The quantitative estimate of drug-likeness (QED) is 0.850. The first-order valence-corrected chi connectivity index (χ1v) is 6.92. The van der Waals surface area contributed by atoms with Gasteiger partial charge in [-0.25, -0.2) is 0 Å². The van der Waals surface area contributed by atoms with Crippen LogP contribution in [0.4, 0.5) is 0 Å². The normalized spacial score (nSPS) is 10.6. The number of carbonyl (C=O) groups is 1. The SMILES string of the molecule is Cc1ccc(C)c(C(=O)NCCCn2nccc2C)c1. The van der Waals surface area contributed by atoms with Crippen LogP contribution in [0.2, 0.25) is 0 Å². The second-order valence-corrected chi connectivity index (χ2v) is 5.12.